The highest BCUT2D eigenvalue weighted by Gasteiger charge is 2.45. The van der Waals surface area contributed by atoms with E-state index in [-0.39, 0.29) is 56.2 Å². The fourth-order valence-corrected chi connectivity index (χ4v) is 6.17. The summed E-state index contributed by atoms with van der Waals surface area (Å²) in [5.41, 5.74) is 4.36. The Morgan fingerprint density at radius 1 is 0.659 bits per heavy atom. The van der Waals surface area contributed by atoms with Gasteiger partial charge in [-0.1, -0.05) is 59.4 Å². The molecule has 0 aromatic heterocycles. The Kier molecular flexibility index (Phi) is 9.17. The lowest BCUT2D eigenvalue weighted by Gasteiger charge is -2.29. The fourth-order valence-electron chi connectivity index (χ4n) is 6.17. The molecule has 2 aromatic carbocycles. The third-order valence-corrected chi connectivity index (χ3v) is 8.36. The standard InChI is InChI=1S/C16H16N2O4.C16H18N2O3.CH4/c1-8(2)9-4-3-5-10-13(9)16(22)18(15(10)21)11-6-7-12(19)17-14(11)20;1-9(2)10-4-3-5-11-12(10)8-18(16(11)21)13-6-7-14(19)17-15(13)20;/h3-5,8,11H,6-7H2,1-2H3,(H,17,19,20);3-5,9,13H,6-8H2,1-2H3,(H,17,19,20);1H4. The molecule has 6 rings (SSSR count). The van der Waals surface area contributed by atoms with Crippen LogP contribution < -0.4 is 10.6 Å². The second kappa shape index (κ2) is 12.5. The average Bonchev–Trinajstić information content (AvgIpc) is 3.42. The monoisotopic (exact) mass is 602 g/mol. The van der Waals surface area contributed by atoms with E-state index in [0.717, 1.165) is 21.6 Å². The first-order chi connectivity index (χ1) is 20.4. The summed E-state index contributed by atoms with van der Waals surface area (Å²) in [5.74, 6) is -2.18. The molecule has 0 bridgehead atoms. The second-order valence-corrected chi connectivity index (χ2v) is 11.8. The number of carbonyl (C=O) groups is 7. The van der Waals surface area contributed by atoms with Gasteiger partial charge in [-0.25, -0.2) is 0 Å². The van der Waals surface area contributed by atoms with Crippen LogP contribution in [0.2, 0.25) is 0 Å². The maximum Gasteiger partial charge on any atom is 0.262 e. The van der Waals surface area contributed by atoms with Crippen LogP contribution in [0, 0.1) is 0 Å². The van der Waals surface area contributed by atoms with Gasteiger partial charge in [-0.3, -0.25) is 49.1 Å². The summed E-state index contributed by atoms with van der Waals surface area (Å²) < 4.78 is 0. The zero-order valence-electron chi connectivity index (χ0n) is 24.6. The van der Waals surface area contributed by atoms with Gasteiger partial charge >= 0.3 is 0 Å². The van der Waals surface area contributed by atoms with Gasteiger partial charge in [0.15, 0.2) is 0 Å². The van der Waals surface area contributed by atoms with Gasteiger partial charge in [0, 0.05) is 24.9 Å². The van der Waals surface area contributed by atoms with Crippen molar-refractivity contribution in [1.82, 2.24) is 20.4 Å². The average molecular weight is 603 g/mol. The van der Waals surface area contributed by atoms with E-state index < -0.39 is 29.8 Å². The van der Waals surface area contributed by atoms with Crippen LogP contribution in [0.3, 0.4) is 0 Å². The number of rotatable bonds is 4. The first-order valence-corrected chi connectivity index (χ1v) is 14.5. The molecule has 44 heavy (non-hydrogen) atoms. The largest absolute Gasteiger partial charge is 0.322 e. The van der Waals surface area contributed by atoms with E-state index in [1.54, 1.807) is 17.0 Å². The summed E-state index contributed by atoms with van der Waals surface area (Å²) >= 11 is 0. The van der Waals surface area contributed by atoms with Crippen molar-refractivity contribution < 1.29 is 33.6 Å². The van der Waals surface area contributed by atoms with Crippen molar-refractivity contribution in [3.8, 4) is 0 Å². The maximum atomic E-state index is 12.7. The lowest BCUT2D eigenvalue weighted by Crippen LogP contribution is -2.54. The number of fused-ring (bicyclic) bond motifs is 2. The third kappa shape index (κ3) is 5.66. The van der Waals surface area contributed by atoms with Crippen molar-refractivity contribution in [3.05, 3.63) is 69.8 Å². The van der Waals surface area contributed by atoms with Crippen LogP contribution in [0.5, 0.6) is 0 Å². The van der Waals surface area contributed by atoms with Crippen LogP contribution in [-0.4, -0.2) is 63.2 Å². The number of nitrogens with one attached hydrogen (secondary N) is 2. The molecule has 0 spiro atoms. The van der Waals surface area contributed by atoms with Crippen molar-refractivity contribution in [2.45, 2.75) is 91.3 Å². The third-order valence-electron chi connectivity index (χ3n) is 8.36. The van der Waals surface area contributed by atoms with E-state index in [9.17, 15) is 33.6 Å². The minimum atomic E-state index is -0.912. The van der Waals surface area contributed by atoms with Crippen molar-refractivity contribution in [1.29, 1.82) is 0 Å². The molecule has 0 radical (unpaired) electrons. The molecule has 4 heterocycles. The van der Waals surface area contributed by atoms with E-state index in [0.29, 0.717) is 35.6 Å². The van der Waals surface area contributed by atoms with Gasteiger partial charge in [0.1, 0.15) is 12.1 Å². The minimum Gasteiger partial charge on any atom is -0.322 e. The van der Waals surface area contributed by atoms with Gasteiger partial charge in [-0.15, -0.1) is 0 Å². The molecule has 2 N–H and O–H groups in total. The number of carbonyl (C=O) groups excluding carboxylic acids is 7. The van der Waals surface area contributed by atoms with E-state index in [4.69, 9.17) is 0 Å². The number of piperidine rings is 2. The Hall–Kier alpha value is -4.67. The summed E-state index contributed by atoms with van der Waals surface area (Å²) in [7, 11) is 0. The number of nitrogens with zero attached hydrogens (tertiary/aromatic N) is 2. The lowest BCUT2D eigenvalue weighted by molar-refractivity contribution is -0.138. The zero-order chi connectivity index (χ0) is 31.2. The smallest absolute Gasteiger partial charge is 0.262 e. The van der Waals surface area contributed by atoms with Gasteiger partial charge in [-0.2, -0.15) is 0 Å². The molecule has 11 nitrogen and oxygen atoms in total. The van der Waals surface area contributed by atoms with Crippen LogP contribution in [0.1, 0.15) is 120 Å². The summed E-state index contributed by atoms with van der Waals surface area (Å²) in [6, 6.07) is 9.46. The van der Waals surface area contributed by atoms with Gasteiger partial charge in [0.25, 0.3) is 17.7 Å². The number of amides is 7. The number of benzene rings is 2. The molecule has 2 atom stereocenters. The van der Waals surface area contributed by atoms with E-state index in [1.165, 1.54) is 0 Å². The van der Waals surface area contributed by atoms with Gasteiger partial charge < -0.3 is 4.90 Å². The molecular formula is C33H38N4O7. The molecule has 0 saturated carbocycles. The Labute approximate surface area is 256 Å². The number of hydrogen-bond acceptors (Lipinski definition) is 7. The Bertz CT molecular complexity index is 1580. The summed E-state index contributed by atoms with van der Waals surface area (Å²) in [5, 5.41) is 4.51. The van der Waals surface area contributed by atoms with Crippen molar-refractivity contribution in [3.63, 3.8) is 0 Å². The van der Waals surface area contributed by atoms with Crippen molar-refractivity contribution >= 4 is 41.4 Å². The topological polar surface area (TPSA) is 150 Å². The Morgan fingerprint density at radius 2 is 1.18 bits per heavy atom. The zero-order valence-corrected chi connectivity index (χ0v) is 24.6. The van der Waals surface area contributed by atoms with Crippen LogP contribution >= 0.6 is 0 Å². The van der Waals surface area contributed by atoms with Gasteiger partial charge in [-0.05, 0) is 53.5 Å². The van der Waals surface area contributed by atoms with E-state index in [1.807, 2.05) is 38.1 Å². The molecule has 7 amide bonds. The highest BCUT2D eigenvalue weighted by Crippen LogP contribution is 2.34. The highest BCUT2D eigenvalue weighted by molar-refractivity contribution is 6.24. The fraction of sp³-hybridized carbons (Fsp3) is 0.424. The quantitative estimate of drug-likeness (QED) is 0.509. The van der Waals surface area contributed by atoms with E-state index >= 15 is 0 Å². The maximum absolute atomic E-state index is 12.7. The molecule has 2 fully saturated rings. The van der Waals surface area contributed by atoms with Crippen molar-refractivity contribution in [2.24, 2.45) is 0 Å². The Balaban J connectivity index is 0.000000197. The minimum absolute atomic E-state index is 0. The first kappa shape index (κ1) is 32.2. The predicted molar refractivity (Wildman–Crippen MR) is 161 cm³/mol. The highest BCUT2D eigenvalue weighted by atomic mass is 16.2. The molecular weight excluding hydrogens is 564 g/mol. The lowest BCUT2D eigenvalue weighted by atomic mass is 9.94. The van der Waals surface area contributed by atoms with Crippen molar-refractivity contribution in [2.75, 3.05) is 0 Å². The summed E-state index contributed by atoms with van der Waals surface area (Å²) in [4.78, 5) is 86.8. The molecule has 2 unspecified atom stereocenters. The Morgan fingerprint density at radius 3 is 1.73 bits per heavy atom. The molecule has 0 aliphatic carbocycles. The normalized spacial score (nSPS) is 21.1. The number of hydrogen-bond donors (Lipinski definition) is 2. The molecule has 2 aromatic rings. The van der Waals surface area contributed by atoms with Crippen LogP contribution in [0.4, 0.5) is 0 Å². The van der Waals surface area contributed by atoms with Crippen LogP contribution in [0.25, 0.3) is 0 Å². The van der Waals surface area contributed by atoms with Crippen LogP contribution in [-0.2, 0) is 25.7 Å². The summed E-state index contributed by atoms with van der Waals surface area (Å²) in [6.07, 6.45) is 0.989. The molecule has 2 saturated heterocycles. The van der Waals surface area contributed by atoms with Crippen LogP contribution in [0.15, 0.2) is 36.4 Å². The molecule has 11 heteroatoms. The van der Waals surface area contributed by atoms with Gasteiger partial charge in [0.2, 0.25) is 23.6 Å². The summed E-state index contributed by atoms with van der Waals surface area (Å²) in [6.45, 7) is 8.53. The van der Waals surface area contributed by atoms with Gasteiger partial charge in [0.05, 0.1) is 11.1 Å². The number of imide groups is 3. The second-order valence-electron chi connectivity index (χ2n) is 11.8. The molecule has 4 aliphatic rings. The van der Waals surface area contributed by atoms with E-state index in [2.05, 4.69) is 24.5 Å². The molecule has 4 aliphatic heterocycles. The molecule has 232 valence electrons. The predicted octanol–water partition coefficient (Wildman–Crippen LogP) is 3.42. The SMILES string of the molecule is C.CC(C)c1cccc2c1C(=O)N(C1CCC(=O)NC1=O)C2=O.CC(C)c1cccc2c1CN(C1CCC(=O)NC1=O)C2=O. The first-order valence-electron chi connectivity index (χ1n) is 14.5.